The van der Waals surface area contributed by atoms with E-state index in [1.807, 2.05) is 50.0 Å². The molecule has 0 atom stereocenters. The molecule has 0 saturated heterocycles. The van der Waals surface area contributed by atoms with Crippen LogP contribution in [-0.4, -0.2) is 13.0 Å². The van der Waals surface area contributed by atoms with Crippen LogP contribution in [0.5, 0.6) is 0 Å². The van der Waals surface area contributed by atoms with Crippen molar-refractivity contribution in [2.45, 2.75) is 13.8 Å². The third kappa shape index (κ3) is 18.4. The first kappa shape index (κ1) is 18.3. The van der Waals surface area contributed by atoms with Crippen LogP contribution >= 0.6 is 15.9 Å². The molecule has 0 spiro atoms. The van der Waals surface area contributed by atoms with E-state index in [1.165, 1.54) is 0 Å². The van der Waals surface area contributed by atoms with E-state index in [0.717, 1.165) is 5.69 Å². The number of alkyl halides is 2. The smallest absolute Gasteiger partial charge is 0.0785 e. The lowest BCUT2D eigenvalue weighted by Crippen LogP contribution is -1.79. The van der Waals surface area contributed by atoms with Gasteiger partial charge in [0, 0.05) is 5.69 Å². The van der Waals surface area contributed by atoms with E-state index in [0.29, 0.717) is 7.18 Å². The molecule has 3 heteroatoms. The zero-order valence-electron chi connectivity index (χ0n) is 8.72. The quantitative estimate of drug-likeness (QED) is 0.550. The van der Waals surface area contributed by atoms with E-state index < -0.39 is 0 Å². The largest absolute Gasteiger partial charge is 0.399 e. The molecule has 0 unspecified atom stereocenters. The van der Waals surface area contributed by atoms with Gasteiger partial charge < -0.3 is 5.73 Å². The van der Waals surface area contributed by atoms with E-state index in [1.54, 1.807) is 0 Å². The summed E-state index contributed by atoms with van der Waals surface area (Å²) >= 11 is 2.94. The maximum atomic E-state index is 9.50. The molecule has 1 aromatic rings. The van der Waals surface area contributed by atoms with Crippen molar-refractivity contribution in [2.75, 3.05) is 18.7 Å². The number of hydrogen-bond acceptors (Lipinski definition) is 1. The van der Waals surface area contributed by atoms with Crippen molar-refractivity contribution in [3.8, 4) is 0 Å². The predicted molar refractivity (Wildman–Crippen MR) is 64.1 cm³/mol. The lowest BCUT2D eigenvalue weighted by atomic mass is 10.3. The highest BCUT2D eigenvalue weighted by atomic mass is 79.9. The minimum absolute atomic E-state index is 0.500. The summed E-state index contributed by atoms with van der Waals surface area (Å²) < 4.78 is 9.50. The molecule has 2 N–H and O–H groups in total. The normalized spacial score (nSPS) is 6.00. The fraction of sp³-hybridized carbons (Fsp3) is 0.400. The summed E-state index contributed by atoms with van der Waals surface area (Å²) in [5.41, 5.74) is 6.18. The van der Waals surface area contributed by atoms with Crippen LogP contribution in [0.3, 0.4) is 0 Å². The highest BCUT2D eigenvalue weighted by Gasteiger charge is 1.72. The lowest BCUT2D eigenvalue weighted by Gasteiger charge is -1.83. The average molecular weight is 252 g/mol. The van der Waals surface area contributed by atoms with Gasteiger partial charge in [-0.2, -0.15) is 0 Å². The van der Waals surface area contributed by atoms with Crippen molar-refractivity contribution in [3.63, 3.8) is 0 Å². The summed E-state index contributed by atoms with van der Waals surface area (Å²) in [5, 5.41) is 0. The van der Waals surface area contributed by atoms with Crippen LogP contribution in [-0.2, 0) is 0 Å². The monoisotopic (exact) mass is 251 g/mol. The Bertz CT molecular complexity index is 145. The van der Waals surface area contributed by atoms with Crippen LogP contribution in [0.4, 0.5) is 10.1 Å². The van der Waals surface area contributed by atoms with Gasteiger partial charge in [-0.3, -0.25) is 4.39 Å². The Kier molecular flexibility index (Phi) is 31.6. The molecule has 1 aromatic carbocycles. The number of nitrogen functional groups attached to an aromatic ring is 1. The van der Waals surface area contributed by atoms with Gasteiger partial charge in [-0.1, -0.05) is 48.0 Å². The second kappa shape index (κ2) is 22.5. The number of nitrogens with two attached hydrogens (primary N) is 1. The molecule has 0 aliphatic heterocycles. The predicted octanol–water partition coefficient (Wildman–Crippen LogP) is 3.89. The van der Waals surface area contributed by atoms with Gasteiger partial charge in [-0.05, 0) is 18.0 Å². The number of hydrogen-bond donors (Lipinski definition) is 1. The van der Waals surface area contributed by atoms with Crippen molar-refractivity contribution < 1.29 is 4.39 Å². The van der Waals surface area contributed by atoms with E-state index >= 15 is 0 Å². The summed E-state index contributed by atoms with van der Waals surface area (Å²) in [7, 11) is 0.500. The van der Waals surface area contributed by atoms with Crippen LogP contribution in [0.15, 0.2) is 30.3 Å². The standard InChI is InChI=1S/C6H7N.C2H6.CH3Br.CH3F/c7-6-4-2-1-3-5-6;3*1-2/h1-5H,7H2;1-2H3;2*1H3. The lowest BCUT2D eigenvalue weighted by molar-refractivity contribution is 0.636. The van der Waals surface area contributed by atoms with Crippen molar-refractivity contribution in [3.05, 3.63) is 30.3 Å². The van der Waals surface area contributed by atoms with E-state index in [2.05, 4.69) is 15.9 Å². The van der Waals surface area contributed by atoms with Crippen molar-refractivity contribution >= 4 is 21.6 Å². The summed E-state index contributed by atoms with van der Waals surface area (Å²) in [5.74, 6) is 1.81. The molecular formula is C10H19BrFN. The highest BCUT2D eigenvalue weighted by molar-refractivity contribution is 9.08. The number of anilines is 1. The number of benzene rings is 1. The molecule has 0 radical (unpaired) electrons. The van der Waals surface area contributed by atoms with Crippen molar-refractivity contribution in [1.82, 2.24) is 0 Å². The Labute approximate surface area is 89.3 Å². The molecule has 13 heavy (non-hydrogen) atoms. The van der Waals surface area contributed by atoms with Gasteiger partial charge in [0.15, 0.2) is 0 Å². The Morgan fingerprint density at radius 3 is 1.46 bits per heavy atom. The average Bonchev–Trinajstić information content (AvgIpc) is 2.28. The van der Waals surface area contributed by atoms with Crippen LogP contribution < -0.4 is 5.73 Å². The molecule has 1 nitrogen and oxygen atoms in total. The fourth-order valence-corrected chi connectivity index (χ4v) is 0.453. The van der Waals surface area contributed by atoms with Crippen LogP contribution in [0, 0.1) is 0 Å². The Hall–Kier alpha value is -0.570. The zero-order valence-corrected chi connectivity index (χ0v) is 10.3. The van der Waals surface area contributed by atoms with E-state index in [-0.39, 0.29) is 0 Å². The Morgan fingerprint density at radius 2 is 1.31 bits per heavy atom. The minimum Gasteiger partial charge on any atom is -0.399 e. The Morgan fingerprint density at radius 1 is 1.00 bits per heavy atom. The van der Waals surface area contributed by atoms with Gasteiger partial charge in [0.05, 0.1) is 7.18 Å². The van der Waals surface area contributed by atoms with Crippen LogP contribution in [0.1, 0.15) is 13.8 Å². The van der Waals surface area contributed by atoms with Gasteiger partial charge in [0.1, 0.15) is 0 Å². The molecule has 0 aliphatic carbocycles. The third-order valence-electron chi connectivity index (χ3n) is 0.800. The van der Waals surface area contributed by atoms with Crippen molar-refractivity contribution in [2.24, 2.45) is 0 Å². The topological polar surface area (TPSA) is 26.0 Å². The molecule has 0 aromatic heterocycles. The molecule has 0 bridgehead atoms. The molecule has 0 heterocycles. The Balaban J connectivity index is -0.000000144. The van der Waals surface area contributed by atoms with Gasteiger partial charge in [-0.15, -0.1) is 0 Å². The van der Waals surface area contributed by atoms with Gasteiger partial charge in [0.2, 0.25) is 0 Å². The fourth-order valence-electron chi connectivity index (χ4n) is 0.453. The SMILES string of the molecule is CBr.CC.CF.Nc1ccccc1. The first-order chi connectivity index (χ1) is 6.39. The van der Waals surface area contributed by atoms with Crippen LogP contribution in [0.2, 0.25) is 0 Å². The number of halogens is 2. The summed E-state index contributed by atoms with van der Waals surface area (Å²) in [6.07, 6.45) is 0. The van der Waals surface area contributed by atoms with E-state index in [4.69, 9.17) is 5.73 Å². The van der Waals surface area contributed by atoms with Crippen LogP contribution in [0.25, 0.3) is 0 Å². The van der Waals surface area contributed by atoms with Gasteiger partial charge in [-0.25, -0.2) is 0 Å². The number of para-hydroxylation sites is 1. The maximum absolute atomic E-state index is 9.50. The minimum atomic E-state index is 0.500. The third-order valence-corrected chi connectivity index (χ3v) is 0.800. The first-order valence-electron chi connectivity index (χ1n) is 3.96. The molecule has 0 fully saturated rings. The zero-order chi connectivity index (χ0) is 11.1. The summed E-state index contributed by atoms with van der Waals surface area (Å²) in [4.78, 5) is 0. The van der Waals surface area contributed by atoms with Crippen molar-refractivity contribution in [1.29, 1.82) is 0 Å². The molecular weight excluding hydrogens is 233 g/mol. The second-order valence-corrected chi connectivity index (χ2v) is 1.41. The molecule has 0 amide bonds. The molecule has 0 aliphatic rings. The highest BCUT2D eigenvalue weighted by Crippen LogP contribution is 1.95. The second-order valence-electron chi connectivity index (χ2n) is 1.41. The number of rotatable bonds is 0. The summed E-state index contributed by atoms with van der Waals surface area (Å²) in [6.45, 7) is 4.00. The van der Waals surface area contributed by atoms with Gasteiger partial charge in [0.25, 0.3) is 0 Å². The summed E-state index contributed by atoms with van der Waals surface area (Å²) in [6, 6.07) is 9.49. The molecule has 1 rings (SSSR count). The first-order valence-corrected chi connectivity index (χ1v) is 5.54. The maximum Gasteiger partial charge on any atom is 0.0785 e. The molecule has 78 valence electrons. The molecule has 0 saturated carbocycles. The van der Waals surface area contributed by atoms with E-state index in [9.17, 15) is 4.39 Å². The van der Waals surface area contributed by atoms with Gasteiger partial charge >= 0.3 is 0 Å².